The smallest absolute Gasteiger partial charge is 0.239 e. The zero-order valence-corrected chi connectivity index (χ0v) is 14.9. The Balaban J connectivity index is 2.73. The van der Waals surface area contributed by atoms with Crippen LogP contribution in [-0.2, 0) is 14.8 Å². The molecule has 0 aliphatic rings. The van der Waals surface area contributed by atoms with Crippen LogP contribution in [0.3, 0.4) is 0 Å². The molecule has 0 saturated carbocycles. The van der Waals surface area contributed by atoms with Crippen LogP contribution in [0.5, 0.6) is 0 Å². The summed E-state index contributed by atoms with van der Waals surface area (Å²) in [5.41, 5.74) is 0.362. The highest BCUT2D eigenvalue weighted by molar-refractivity contribution is 7.88. The van der Waals surface area contributed by atoms with Gasteiger partial charge in [-0.3, -0.25) is 4.79 Å². The molecule has 0 aliphatic carbocycles. The molecule has 1 aromatic carbocycles. The molecule has 0 atom stereocenters. The van der Waals surface area contributed by atoms with Crippen molar-refractivity contribution < 1.29 is 13.2 Å². The van der Waals surface area contributed by atoms with Crippen molar-refractivity contribution in [3.8, 4) is 0 Å². The molecule has 8 heteroatoms. The summed E-state index contributed by atoms with van der Waals surface area (Å²) >= 11 is 11.9. The second kappa shape index (κ2) is 8.72. The van der Waals surface area contributed by atoms with Gasteiger partial charge in [0, 0.05) is 6.54 Å². The van der Waals surface area contributed by atoms with Gasteiger partial charge in [0.1, 0.15) is 0 Å². The second-order valence-corrected chi connectivity index (χ2v) is 7.72. The number of carbonyl (C=O) groups is 1. The Morgan fingerprint density at radius 1 is 1.27 bits per heavy atom. The van der Waals surface area contributed by atoms with Gasteiger partial charge in [0.25, 0.3) is 0 Å². The predicted octanol–water partition coefficient (Wildman–Crippen LogP) is 3.38. The van der Waals surface area contributed by atoms with Crippen molar-refractivity contribution in [3.05, 3.63) is 28.2 Å². The van der Waals surface area contributed by atoms with Gasteiger partial charge in [-0.2, -0.15) is 4.31 Å². The van der Waals surface area contributed by atoms with Crippen molar-refractivity contribution in [2.45, 2.75) is 26.2 Å². The van der Waals surface area contributed by atoms with Crippen LogP contribution in [0.1, 0.15) is 26.2 Å². The number of nitrogens with zero attached hydrogens (tertiary/aromatic N) is 1. The molecule has 0 unspecified atom stereocenters. The lowest BCUT2D eigenvalue weighted by atomic mass is 10.2. The lowest BCUT2D eigenvalue weighted by Crippen LogP contribution is -2.38. The summed E-state index contributed by atoms with van der Waals surface area (Å²) in [6, 6.07) is 4.86. The van der Waals surface area contributed by atoms with E-state index >= 15 is 0 Å². The van der Waals surface area contributed by atoms with E-state index in [-0.39, 0.29) is 11.6 Å². The fraction of sp³-hybridized carbons (Fsp3) is 0.500. The van der Waals surface area contributed by atoms with E-state index in [1.165, 1.54) is 0 Å². The maximum absolute atomic E-state index is 12.0. The third-order valence-corrected chi connectivity index (χ3v) is 5.09. The zero-order chi connectivity index (χ0) is 16.8. The molecule has 22 heavy (non-hydrogen) atoms. The van der Waals surface area contributed by atoms with E-state index in [0.717, 1.165) is 29.8 Å². The molecule has 0 saturated heterocycles. The quantitative estimate of drug-likeness (QED) is 0.717. The number of hydrogen-bond acceptors (Lipinski definition) is 3. The lowest BCUT2D eigenvalue weighted by Gasteiger charge is -2.19. The minimum Gasteiger partial charge on any atom is -0.324 e. The van der Waals surface area contributed by atoms with Crippen molar-refractivity contribution in [1.29, 1.82) is 0 Å². The molecule has 0 spiro atoms. The standard InChI is InChI=1S/C14H20Cl2N2O3S/c1-3-4-5-9-18(22(2,20)21)10-13(19)17-12-8-6-7-11(15)14(12)16/h6-8H,3-5,9-10H2,1-2H3,(H,17,19). The van der Waals surface area contributed by atoms with Crippen LogP contribution in [0, 0.1) is 0 Å². The summed E-state index contributed by atoms with van der Waals surface area (Å²) < 4.78 is 24.6. The van der Waals surface area contributed by atoms with E-state index in [0.29, 0.717) is 17.3 Å². The number of unbranched alkanes of at least 4 members (excludes halogenated alkanes) is 2. The normalized spacial score (nSPS) is 11.7. The van der Waals surface area contributed by atoms with E-state index in [9.17, 15) is 13.2 Å². The van der Waals surface area contributed by atoms with Gasteiger partial charge in [0.2, 0.25) is 15.9 Å². The molecule has 1 rings (SSSR count). The van der Waals surface area contributed by atoms with Gasteiger partial charge < -0.3 is 5.32 Å². The summed E-state index contributed by atoms with van der Waals surface area (Å²) in [5, 5.41) is 3.14. The molecule has 1 aromatic rings. The van der Waals surface area contributed by atoms with E-state index in [4.69, 9.17) is 23.2 Å². The third-order valence-electron chi connectivity index (χ3n) is 3.03. The number of sulfonamides is 1. The minimum atomic E-state index is -3.44. The van der Waals surface area contributed by atoms with Crippen molar-refractivity contribution in [2.24, 2.45) is 0 Å². The topological polar surface area (TPSA) is 66.5 Å². The van der Waals surface area contributed by atoms with Crippen LogP contribution < -0.4 is 5.32 Å². The third kappa shape index (κ3) is 6.12. The molecule has 0 heterocycles. The van der Waals surface area contributed by atoms with Gasteiger partial charge in [0.05, 0.1) is 28.5 Å². The van der Waals surface area contributed by atoms with E-state index < -0.39 is 15.9 Å². The molecule has 5 nitrogen and oxygen atoms in total. The second-order valence-electron chi connectivity index (χ2n) is 4.95. The lowest BCUT2D eigenvalue weighted by molar-refractivity contribution is -0.116. The van der Waals surface area contributed by atoms with Crippen molar-refractivity contribution in [2.75, 3.05) is 24.7 Å². The summed E-state index contributed by atoms with van der Waals surface area (Å²) in [7, 11) is -3.44. The summed E-state index contributed by atoms with van der Waals surface area (Å²) in [6.45, 7) is 2.10. The largest absolute Gasteiger partial charge is 0.324 e. The molecule has 124 valence electrons. The molecule has 1 amide bonds. The number of hydrogen-bond donors (Lipinski definition) is 1. The first-order chi connectivity index (χ1) is 10.3. The van der Waals surface area contributed by atoms with Gasteiger partial charge in [-0.25, -0.2) is 8.42 Å². The van der Waals surface area contributed by atoms with Crippen LogP contribution in [0.4, 0.5) is 5.69 Å². The molecule has 0 bridgehead atoms. The molecule has 0 fully saturated rings. The van der Waals surface area contributed by atoms with Gasteiger partial charge in [-0.15, -0.1) is 0 Å². The maximum Gasteiger partial charge on any atom is 0.239 e. The Labute approximate surface area is 141 Å². The van der Waals surface area contributed by atoms with Crippen molar-refractivity contribution >= 4 is 44.8 Å². The SMILES string of the molecule is CCCCCN(CC(=O)Nc1cccc(Cl)c1Cl)S(C)(=O)=O. The van der Waals surface area contributed by atoms with Crippen LogP contribution in [0.15, 0.2) is 18.2 Å². The Morgan fingerprint density at radius 2 is 1.95 bits per heavy atom. The Bertz CT molecular complexity index is 621. The van der Waals surface area contributed by atoms with Crippen LogP contribution in [-0.4, -0.2) is 38.0 Å². The zero-order valence-electron chi connectivity index (χ0n) is 12.6. The first-order valence-electron chi connectivity index (χ1n) is 6.94. The minimum absolute atomic E-state index is 0.231. The molecular formula is C14H20Cl2N2O3S. The Hall–Kier alpha value is -0.820. The fourth-order valence-electron chi connectivity index (χ4n) is 1.85. The highest BCUT2D eigenvalue weighted by Crippen LogP contribution is 2.29. The fourth-order valence-corrected chi connectivity index (χ4v) is 3.01. The van der Waals surface area contributed by atoms with Gasteiger partial charge in [-0.1, -0.05) is 49.0 Å². The van der Waals surface area contributed by atoms with Crippen molar-refractivity contribution in [3.63, 3.8) is 0 Å². The average Bonchev–Trinajstić information content (AvgIpc) is 2.42. The summed E-state index contributed by atoms with van der Waals surface area (Å²) in [6.07, 6.45) is 3.70. The Morgan fingerprint density at radius 3 is 2.55 bits per heavy atom. The number of amides is 1. The van der Waals surface area contributed by atoms with Crippen LogP contribution in [0.2, 0.25) is 10.0 Å². The number of benzene rings is 1. The highest BCUT2D eigenvalue weighted by atomic mass is 35.5. The van der Waals surface area contributed by atoms with Crippen LogP contribution in [0.25, 0.3) is 0 Å². The number of carbonyl (C=O) groups excluding carboxylic acids is 1. The van der Waals surface area contributed by atoms with E-state index in [1.807, 2.05) is 6.92 Å². The van der Waals surface area contributed by atoms with Crippen molar-refractivity contribution in [1.82, 2.24) is 4.31 Å². The molecular weight excluding hydrogens is 347 g/mol. The molecule has 0 aliphatic heterocycles. The predicted molar refractivity (Wildman–Crippen MR) is 91.0 cm³/mol. The summed E-state index contributed by atoms with van der Waals surface area (Å²) in [5.74, 6) is -0.453. The van der Waals surface area contributed by atoms with Gasteiger partial charge >= 0.3 is 0 Å². The first-order valence-corrected chi connectivity index (χ1v) is 9.55. The molecule has 0 aromatic heterocycles. The Kier molecular flexibility index (Phi) is 7.62. The van der Waals surface area contributed by atoms with E-state index in [2.05, 4.69) is 5.32 Å². The number of nitrogens with one attached hydrogen (secondary N) is 1. The van der Waals surface area contributed by atoms with E-state index in [1.54, 1.807) is 18.2 Å². The number of halogens is 2. The van der Waals surface area contributed by atoms with Crippen LogP contribution >= 0.6 is 23.2 Å². The monoisotopic (exact) mass is 366 g/mol. The van der Waals surface area contributed by atoms with Gasteiger partial charge in [-0.05, 0) is 18.6 Å². The summed E-state index contributed by atoms with van der Waals surface area (Å²) in [4.78, 5) is 12.0. The first kappa shape index (κ1) is 19.2. The molecule has 1 N–H and O–H groups in total. The highest BCUT2D eigenvalue weighted by Gasteiger charge is 2.20. The average molecular weight is 367 g/mol. The maximum atomic E-state index is 12.0. The van der Waals surface area contributed by atoms with Gasteiger partial charge in [0.15, 0.2) is 0 Å². The number of anilines is 1. The molecule has 0 radical (unpaired) electrons. The number of rotatable bonds is 8.